The monoisotopic (exact) mass is 336 g/mol. The van der Waals surface area contributed by atoms with E-state index in [9.17, 15) is 18.3 Å². The van der Waals surface area contributed by atoms with Crippen molar-refractivity contribution in [2.75, 3.05) is 6.61 Å². The first-order chi connectivity index (χ1) is 10.9. The highest BCUT2D eigenvalue weighted by Gasteiger charge is 2.16. The minimum absolute atomic E-state index is 0.0165. The summed E-state index contributed by atoms with van der Waals surface area (Å²) in [5, 5.41) is 9.31. The molecule has 2 rings (SSSR count). The molecule has 7 nitrogen and oxygen atoms in total. The predicted octanol–water partition coefficient (Wildman–Crippen LogP) is 1.41. The second kappa shape index (κ2) is 7.12. The molecule has 2 aromatic carbocycles. The van der Waals surface area contributed by atoms with Crippen LogP contribution in [0.15, 0.2) is 53.4 Å². The van der Waals surface area contributed by atoms with Crippen molar-refractivity contribution >= 4 is 15.9 Å². The molecule has 2 aromatic rings. The van der Waals surface area contributed by atoms with Gasteiger partial charge >= 0.3 is 0 Å². The molecule has 0 saturated heterocycles. The molecule has 23 heavy (non-hydrogen) atoms. The van der Waals surface area contributed by atoms with Crippen LogP contribution < -0.4 is 15.0 Å². The van der Waals surface area contributed by atoms with Gasteiger partial charge in [-0.15, -0.1) is 4.83 Å². The number of hydrogen-bond donors (Lipinski definition) is 3. The maximum Gasteiger partial charge on any atom is 0.266 e. The Bertz CT molecular complexity index is 788. The molecule has 0 heterocycles. The summed E-state index contributed by atoms with van der Waals surface area (Å²) in [6, 6.07) is 11.3. The predicted molar refractivity (Wildman–Crippen MR) is 83.5 cm³/mol. The molecule has 0 fully saturated rings. The van der Waals surface area contributed by atoms with Crippen LogP contribution in [0, 0.1) is 0 Å². The molecule has 0 saturated carbocycles. The van der Waals surface area contributed by atoms with Gasteiger partial charge in [0.05, 0.1) is 11.5 Å². The second-order valence-electron chi connectivity index (χ2n) is 4.51. The van der Waals surface area contributed by atoms with Gasteiger partial charge in [-0.2, -0.15) is 0 Å². The van der Waals surface area contributed by atoms with Gasteiger partial charge < -0.3 is 9.84 Å². The number of aromatic hydroxyl groups is 1. The van der Waals surface area contributed by atoms with Crippen LogP contribution in [0.4, 0.5) is 0 Å². The van der Waals surface area contributed by atoms with Crippen molar-refractivity contribution in [3.63, 3.8) is 0 Å². The first kappa shape index (κ1) is 16.8. The topological polar surface area (TPSA) is 105 Å². The summed E-state index contributed by atoms with van der Waals surface area (Å²) < 4.78 is 29.4. The van der Waals surface area contributed by atoms with Crippen molar-refractivity contribution in [3.8, 4) is 11.5 Å². The normalized spacial score (nSPS) is 11.0. The van der Waals surface area contributed by atoms with Gasteiger partial charge in [0, 0.05) is 5.56 Å². The third-order valence-electron chi connectivity index (χ3n) is 2.85. The first-order valence-electron chi connectivity index (χ1n) is 6.76. The highest BCUT2D eigenvalue weighted by atomic mass is 32.2. The highest BCUT2D eigenvalue weighted by Crippen LogP contribution is 2.15. The maximum absolute atomic E-state index is 12.1. The minimum atomic E-state index is -3.91. The summed E-state index contributed by atoms with van der Waals surface area (Å²) in [5.74, 6) is -0.224. The van der Waals surface area contributed by atoms with E-state index in [1.807, 2.05) is 11.8 Å². The standard InChI is InChI=1S/C15H16N2O5S/c1-2-22-13-6-8-14(9-7-13)23(20,21)17-16-15(19)11-4-3-5-12(18)10-11/h3-10,17-18H,2H2,1H3,(H,16,19). The number of phenolic OH excluding ortho intramolecular Hbond substituents is 1. The van der Waals surface area contributed by atoms with E-state index in [1.165, 1.54) is 48.5 Å². The van der Waals surface area contributed by atoms with Gasteiger partial charge in [0.2, 0.25) is 0 Å². The van der Waals surface area contributed by atoms with Crippen LogP contribution in [0.2, 0.25) is 0 Å². The number of hydrazine groups is 1. The number of ether oxygens (including phenoxy) is 1. The molecule has 0 aliphatic carbocycles. The number of hydrogen-bond acceptors (Lipinski definition) is 5. The molecule has 0 aliphatic heterocycles. The van der Waals surface area contributed by atoms with Crippen LogP contribution in [-0.2, 0) is 10.0 Å². The summed E-state index contributed by atoms with van der Waals surface area (Å²) in [5.41, 5.74) is 2.21. The first-order valence-corrected chi connectivity index (χ1v) is 8.25. The molecular weight excluding hydrogens is 320 g/mol. The fraction of sp³-hybridized carbons (Fsp3) is 0.133. The summed E-state index contributed by atoms with van der Waals surface area (Å²) in [6.45, 7) is 2.30. The Hall–Kier alpha value is -2.58. The number of nitrogens with one attached hydrogen (secondary N) is 2. The summed E-state index contributed by atoms with van der Waals surface area (Å²) >= 11 is 0. The van der Waals surface area contributed by atoms with Crippen molar-refractivity contribution in [2.24, 2.45) is 0 Å². The summed E-state index contributed by atoms with van der Waals surface area (Å²) in [4.78, 5) is 13.8. The molecule has 3 N–H and O–H groups in total. The molecule has 0 spiro atoms. The van der Waals surface area contributed by atoms with Crippen LogP contribution in [0.25, 0.3) is 0 Å². The zero-order valence-corrected chi connectivity index (χ0v) is 13.1. The molecule has 0 aliphatic rings. The Morgan fingerprint density at radius 3 is 2.48 bits per heavy atom. The smallest absolute Gasteiger partial charge is 0.266 e. The Kier molecular flexibility index (Phi) is 5.20. The number of amides is 1. The average Bonchev–Trinajstić information content (AvgIpc) is 2.53. The fourth-order valence-electron chi connectivity index (χ4n) is 1.77. The zero-order valence-electron chi connectivity index (χ0n) is 12.3. The van der Waals surface area contributed by atoms with Gasteiger partial charge in [0.15, 0.2) is 0 Å². The van der Waals surface area contributed by atoms with Gasteiger partial charge in [-0.05, 0) is 49.4 Å². The Balaban J connectivity index is 2.05. The van der Waals surface area contributed by atoms with Crippen LogP contribution >= 0.6 is 0 Å². The number of phenols is 1. The fourth-order valence-corrected chi connectivity index (χ4v) is 2.61. The highest BCUT2D eigenvalue weighted by molar-refractivity contribution is 7.89. The van der Waals surface area contributed by atoms with Gasteiger partial charge in [-0.25, -0.2) is 8.42 Å². The Morgan fingerprint density at radius 2 is 1.87 bits per heavy atom. The number of sulfonamides is 1. The lowest BCUT2D eigenvalue weighted by molar-refractivity contribution is 0.0944. The lowest BCUT2D eigenvalue weighted by Crippen LogP contribution is -2.41. The molecule has 0 unspecified atom stereocenters. The maximum atomic E-state index is 12.1. The van der Waals surface area contributed by atoms with Crippen LogP contribution in [0.3, 0.4) is 0 Å². The van der Waals surface area contributed by atoms with Crippen molar-refractivity contribution in [1.29, 1.82) is 0 Å². The number of carbonyl (C=O) groups excluding carboxylic acids is 1. The van der Waals surface area contributed by atoms with E-state index < -0.39 is 15.9 Å². The quantitative estimate of drug-likeness (QED) is 0.692. The van der Waals surface area contributed by atoms with E-state index in [0.717, 1.165) is 0 Å². The SMILES string of the molecule is CCOc1ccc(S(=O)(=O)NNC(=O)c2cccc(O)c2)cc1. The van der Waals surface area contributed by atoms with Crippen molar-refractivity contribution in [3.05, 3.63) is 54.1 Å². The van der Waals surface area contributed by atoms with E-state index >= 15 is 0 Å². The third-order valence-corrected chi connectivity index (χ3v) is 4.12. The molecule has 1 amide bonds. The van der Waals surface area contributed by atoms with Crippen LogP contribution in [0.5, 0.6) is 11.5 Å². The average molecular weight is 336 g/mol. The van der Waals surface area contributed by atoms with E-state index in [0.29, 0.717) is 12.4 Å². The molecular formula is C15H16N2O5S. The molecule has 0 radical (unpaired) electrons. The largest absolute Gasteiger partial charge is 0.508 e. The van der Waals surface area contributed by atoms with E-state index in [4.69, 9.17) is 4.74 Å². The van der Waals surface area contributed by atoms with Gasteiger partial charge in [-0.3, -0.25) is 10.2 Å². The Morgan fingerprint density at radius 1 is 1.17 bits per heavy atom. The summed E-state index contributed by atoms with van der Waals surface area (Å²) in [7, 11) is -3.91. The number of rotatable bonds is 6. The van der Waals surface area contributed by atoms with E-state index in [1.54, 1.807) is 0 Å². The summed E-state index contributed by atoms with van der Waals surface area (Å²) in [6.07, 6.45) is 0. The van der Waals surface area contributed by atoms with Crippen molar-refractivity contribution in [2.45, 2.75) is 11.8 Å². The molecule has 122 valence electrons. The molecule has 0 atom stereocenters. The number of benzene rings is 2. The van der Waals surface area contributed by atoms with Crippen molar-refractivity contribution < 1.29 is 23.1 Å². The van der Waals surface area contributed by atoms with E-state index in [-0.39, 0.29) is 16.2 Å². The molecule has 0 bridgehead atoms. The van der Waals surface area contributed by atoms with Gasteiger partial charge in [0.25, 0.3) is 15.9 Å². The minimum Gasteiger partial charge on any atom is -0.508 e. The van der Waals surface area contributed by atoms with Gasteiger partial charge in [-0.1, -0.05) is 6.07 Å². The lowest BCUT2D eigenvalue weighted by Gasteiger charge is -2.09. The third kappa shape index (κ3) is 4.44. The van der Waals surface area contributed by atoms with Crippen molar-refractivity contribution in [1.82, 2.24) is 10.3 Å². The Labute approximate surface area is 133 Å². The van der Waals surface area contributed by atoms with Gasteiger partial charge in [0.1, 0.15) is 11.5 Å². The van der Waals surface area contributed by atoms with Crippen LogP contribution in [-0.4, -0.2) is 26.0 Å². The molecule has 8 heteroatoms. The lowest BCUT2D eigenvalue weighted by atomic mass is 10.2. The van der Waals surface area contributed by atoms with E-state index in [2.05, 4.69) is 5.43 Å². The second-order valence-corrected chi connectivity index (χ2v) is 6.20. The molecule has 0 aromatic heterocycles. The zero-order chi connectivity index (χ0) is 16.9. The number of carbonyl (C=O) groups is 1. The van der Waals surface area contributed by atoms with Crippen LogP contribution in [0.1, 0.15) is 17.3 Å².